The second-order valence-corrected chi connectivity index (χ2v) is 10.4. The molecule has 1 heterocycles. The molecule has 5 atom stereocenters. The number of aliphatic hydroxyl groups excluding tert-OH is 1. The van der Waals surface area contributed by atoms with Crippen LogP contribution in [0.15, 0.2) is 16.6 Å². The van der Waals surface area contributed by atoms with Gasteiger partial charge in [0.05, 0.1) is 6.07 Å². The molecule has 1 saturated carbocycles. The van der Waals surface area contributed by atoms with Crippen LogP contribution in [-0.2, 0) is 20.7 Å². The third kappa shape index (κ3) is 5.65. The Balaban J connectivity index is 1.76. The van der Waals surface area contributed by atoms with E-state index in [2.05, 4.69) is 21.2 Å². The number of hydrogen-bond acceptors (Lipinski definition) is 6. The zero-order valence-electron chi connectivity index (χ0n) is 19.1. The first-order valence-electron chi connectivity index (χ1n) is 10.8. The van der Waals surface area contributed by atoms with Gasteiger partial charge in [-0.25, -0.2) is 9.18 Å². The van der Waals surface area contributed by atoms with Crippen LogP contribution in [0, 0.1) is 23.1 Å². The highest BCUT2D eigenvalue weighted by Crippen LogP contribution is 2.43. The number of halogens is 2. The van der Waals surface area contributed by atoms with Gasteiger partial charge in [0.2, 0.25) is 5.91 Å². The molecule has 3 rings (SSSR count). The van der Waals surface area contributed by atoms with E-state index in [1.54, 1.807) is 20.8 Å². The molecule has 1 aliphatic carbocycles. The Bertz CT molecular complexity index is 961. The van der Waals surface area contributed by atoms with Gasteiger partial charge in [0.25, 0.3) is 0 Å². The molecular weight excluding hydrogens is 497 g/mol. The molecule has 0 spiro atoms. The van der Waals surface area contributed by atoms with Crippen molar-refractivity contribution in [2.75, 3.05) is 7.11 Å². The van der Waals surface area contributed by atoms with Gasteiger partial charge >= 0.3 is 6.09 Å². The minimum absolute atomic E-state index is 0.00488. The summed E-state index contributed by atoms with van der Waals surface area (Å²) in [5, 5.41) is 22.3. The Morgan fingerprint density at radius 1 is 1.39 bits per heavy atom. The Hall–Kier alpha value is -2.22. The van der Waals surface area contributed by atoms with Gasteiger partial charge < -0.3 is 19.9 Å². The number of piperidine rings is 1. The van der Waals surface area contributed by atoms with Gasteiger partial charge in [-0.15, -0.1) is 0 Å². The third-order valence-corrected chi connectivity index (χ3v) is 6.70. The van der Waals surface area contributed by atoms with Crippen LogP contribution in [0.25, 0.3) is 0 Å². The summed E-state index contributed by atoms with van der Waals surface area (Å²) >= 11 is 3.19. The molecule has 180 valence electrons. The summed E-state index contributed by atoms with van der Waals surface area (Å²) in [5.74, 6) is -1.04. The molecule has 1 saturated heterocycles. The molecule has 2 amide bonds. The van der Waals surface area contributed by atoms with E-state index in [0.29, 0.717) is 16.5 Å². The maximum atomic E-state index is 14.5. The molecule has 1 aromatic carbocycles. The van der Waals surface area contributed by atoms with Crippen LogP contribution in [0.3, 0.4) is 0 Å². The number of fused-ring (bicyclic) bond motifs is 2. The van der Waals surface area contributed by atoms with Crippen molar-refractivity contribution in [3.8, 4) is 6.07 Å². The molecule has 2 bridgehead atoms. The average Bonchev–Trinajstić information content (AvgIpc) is 3.34. The number of carbonyl (C=O) groups is 2. The van der Waals surface area contributed by atoms with Crippen LogP contribution < -0.4 is 5.32 Å². The standard InChI is InChI=1S/C23H29BrFN3O5/c1-23(2,3)33-22(31)28-15-6-5-12(8-15)19(28)20(29)27-14(11-26)7-13-9-16(21(30)32-4)17(24)10-18(13)25/h9-10,12,14-15,19,21,30H,5-8H2,1-4H3,(H,27,29)/t12-,14?,15+,19-,21?/m0/s1. The van der Waals surface area contributed by atoms with E-state index in [0.717, 1.165) is 12.8 Å². The largest absolute Gasteiger partial charge is 0.444 e. The zero-order chi connectivity index (χ0) is 24.5. The SMILES string of the molecule is COC(O)c1cc(CC(C#N)NC(=O)[C@@H]2[C@H]3CC[C@H](C3)N2C(=O)OC(C)(C)C)c(F)cc1Br. The van der Waals surface area contributed by atoms with Crippen LogP contribution in [-0.4, -0.2) is 52.8 Å². The number of methoxy groups -OCH3 is 1. The van der Waals surface area contributed by atoms with E-state index in [1.165, 1.54) is 24.1 Å². The Kier molecular flexibility index (Phi) is 7.66. The minimum Gasteiger partial charge on any atom is -0.444 e. The summed E-state index contributed by atoms with van der Waals surface area (Å²) in [7, 11) is 1.31. The first kappa shape index (κ1) is 25.4. The molecular formula is C23H29BrFN3O5. The van der Waals surface area contributed by atoms with Crippen LogP contribution in [0.5, 0.6) is 0 Å². The Morgan fingerprint density at radius 2 is 2.09 bits per heavy atom. The van der Waals surface area contributed by atoms with Crippen LogP contribution in [0.4, 0.5) is 9.18 Å². The molecule has 1 aliphatic heterocycles. The number of carbonyl (C=O) groups excluding carboxylic acids is 2. The summed E-state index contributed by atoms with van der Waals surface area (Å²) in [4.78, 5) is 27.4. The summed E-state index contributed by atoms with van der Waals surface area (Å²) in [5.41, 5.74) is -0.243. The summed E-state index contributed by atoms with van der Waals surface area (Å²) in [6, 6.07) is 2.76. The number of nitrogens with one attached hydrogen (secondary N) is 1. The van der Waals surface area contributed by atoms with Crippen molar-refractivity contribution in [3.63, 3.8) is 0 Å². The van der Waals surface area contributed by atoms with Crippen molar-refractivity contribution in [2.45, 2.75) is 76.5 Å². The van der Waals surface area contributed by atoms with Gasteiger partial charge in [0.15, 0.2) is 6.29 Å². The number of likely N-dealkylation sites (tertiary alicyclic amines) is 1. The van der Waals surface area contributed by atoms with Crippen LogP contribution >= 0.6 is 15.9 Å². The lowest BCUT2D eigenvalue weighted by Crippen LogP contribution is -2.55. The number of nitriles is 1. The second-order valence-electron chi connectivity index (χ2n) is 9.51. The van der Waals surface area contributed by atoms with E-state index in [-0.39, 0.29) is 23.9 Å². The maximum absolute atomic E-state index is 14.5. The first-order valence-corrected chi connectivity index (χ1v) is 11.6. The molecule has 10 heteroatoms. The molecule has 2 unspecified atom stereocenters. The highest BCUT2D eigenvalue weighted by molar-refractivity contribution is 9.10. The van der Waals surface area contributed by atoms with Crippen molar-refractivity contribution in [2.24, 2.45) is 5.92 Å². The molecule has 2 aliphatic rings. The van der Waals surface area contributed by atoms with E-state index in [9.17, 15) is 24.3 Å². The van der Waals surface area contributed by atoms with Gasteiger partial charge in [-0.2, -0.15) is 5.26 Å². The van der Waals surface area contributed by atoms with Crippen molar-refractivity contribution >= 4 is 27.9 Å². The number of aliphatic hydroxyl groups is 1. The third-order valence-electron chi connectivity index (χ3n) is 6.01. The lowest BCUT2D eigenvalue weighted by Gasteiger charge is -2.35. The van der Waals surface area contributed by atoms with E-state index >= 15 is 0 Å². The number of hydrogen-bond donors (Lipinski definition) is 2. The van der Waals surface area contributed by atoms with Crippen molar-refractivity contribution in [3.05, 3.63) is 33.5 Å². The molecule has 1 aromatic rings. The first-order chi connectivity index (χ1) is 15.4. The fourth-order valence-corrected chi connectivity index (χ4v) is 5.11. The predicted molar refractivity (Wildman–Crippen MR) is 120 cm³/mol. The second kappa shape index (κ2) is 9.95. The number of benzene rings is 1. The maximum Gasteiger partial charge on any atom is 0.411 e. The molecule has 0 radical (unpaired) electrons. The van der Waals surface area contributed by atoms with Gasteiger partial charge in [-0.1, -0.05) is 15.9 Å². The monoisotopic (exact) mass is 525 g/mol. The molecule has 33 heavy (non-hydrogen) atoms. The predicted octanol–water partition coefficient (Wildman–Crippen LogP) is 3.56. The zero-order valence-corrected chi connectivity index (χ0v) is 20.7. The molecule has 0 aromatic heterocycles. The number of rotatable bonds is 6. The topological polar surface area (TPSA) is 112 Å². The summed E-state index contributed by atoms with van der Waals surface area (Å²) in [6.07, 6.45) is 0.417. The van der Waals surface area contributed by atoms with Gasteiger partial charge in [0, 0.05) is 29.6 Å². The molecule has 2 N–H and O–H groups in total. The van der Waals surface area contributed by atoms with E-state index in [1.807, 2.05) is 6.07 Å². The van der Waals surface area contributed by atoms with Crippen molar-refractivity contribution < 1.29 is 28.6 Å². The Morgan fingerprint density at radius 3 is 2.70 bits per heavy atom. The van der Waals surface area contributed by atoms with Crippen molar-refractivity contribution in [1.82, 2.24) is 10.2 Å². The molecule has 2 fully saturated rings. The highest BCUT2D eigenvalue weighted by Gasteiger charge is 2.52. The van der Waals surface area contributed by atoms with E-state index in [4.69, 9.17) is 9.47 Å². The van der Waals surface area contributed by atoms with Gasteiger partial charge in [-0.3, -0.25) is 9.69 Å². The number of ether oxygens (including phenoxy) is 2. The normalized spacial score (nSPS) is 23.7. The van der Waals surface area contributed by atoms with Crippen LogP contribution in [0.2, 0.25) is 0 Å². The highest BCUT2D eigenvalue weighted by atomic mass is 79.9. The minimum atomic E-state index is -1.27. The summed E-state index contributed by atoms with van der Waals surface area (Å²) in [6.45, 7) is 5.30. The van der Waals surface area contributed by atoms with Gasteiger partial charge in [-0.05, 0) is 63.6 Å². The van der Waals surface area contributed by atoms with E-state index < -0.39 is 41.8 Å². The fourth-order valence-electron chi connectivity index (χ4n) is 4.59. The lowest BCUT2D eigenvalue weighted by molar-refractivity contribution is -0.128. The Labute approximate surface area is 201 Å². The quantitative estimate of drug-likeness (QED) is 0.549. The lowest BCUT2D eigenvalue weighted by atomic mass is 9.97. The van der Waals surface area contributed by atoms with Gasteiger partial charge in [0.1, 0.15) is 23.5 Å². The smallest absolute Gasteiger partial charge is 0.411 e. The van der Waals surface area contributed by atoms with Crippen molar-refractivity contribution in [1.29, 1.82) is 5.26 Å². The number of nitrogens with zero attached hydrogens (tertiary/aromatic N) is 2. The summed E-state index contributed by atoms with van der Waals surface area (Å²) < 4.78 is 25.3. The molecule has 8 nitrogen and oxygen atoms in total. The van der Waals surface area contributed by atoms with Crippen LogP contribution in [0.1, 0.15) is 57.5 Å². The fraction of sp³-hybridized carbons (Fsp3) is 0.609. The number of amides is 2. The average molecular weight is 526 g/mol.